The first kappa shape index (κ1) is 15.3. The van der Waals surface area contributed by atoms with Crippen LogP contribution in [0.3, 0.4) is 0 Å². The van der Waals surface area contributed by atoms with Gasteiger partial charge in [0.15, 0.2) is 0 Å². The molecule has 4 nitrogen and oxygen atoms in total. The molecule has 0 unspecified atom stereocenters. The molecule has 0 aliphatic rings. The standard InChI is InChI=1S/C11H9ClF3NO3/c12-8-3-1-2-7(4-8)10(19)16(5-9(17)18)6-11(13,14)15/h1-4H,5-6H2,(H,17,18). The van der Waals surface area contributed by atoms with Crippen LogP contribution in [-0.2, 0) is 4.79 Å². The average molecular weight is 296 g/mol. The molecule has 0 saturated heterocycles. The highest BCUT2D eigenvalue weighted by Crippen LogP contribution is 2.19. The first-order chi connectivity index (χ1) is 8.69. The van der Waals surface area contributed by atoms with Crippen molar-refractivity contribution < 1.29 is 27.9 Å². The van der Waals surface area contributed by atoms with E-state index in [2.05, 4.69) is 0 Å². The zero-order valence-corrected chi connectivity index (χ0v) is 10.2. The molecule has 1 rings (SSSR count). The van der Waals surface area contributed by atoms with Gasteiger partial charge >= 0.3 is 12.1 Å². The van der Waals surface area contributed by atoms with E-state index in [-0.39, 0.29) is 15.5 Å². The van der Waals surface area contributed by atoms with Crippen LogP contribution in [0.2, 0.25) is 5.02 Å². The summed E-state index contributed by atoms with van der Waals surface area (Å²) in [5, 5.41) is 8.72. The molecule has 19 heavy (non-hydrogen) atoms. The predicted molar refractivity (Wildman–Crippen MR) is 61.0 cm³/mol. The van der Waals surface area contributed by atoms with Crippen molar-refractivity contribution in [2.24, 2.45) is 0 Å². The maximum atomic E-state index is 12.3. The Kier molecular flexibility index (Phi) is 4.77. The zero-order chi connectivity index (χ0) is 14.6. The molecule has 1 aromatic carbocycles. The summed E-state index contributed by atoms with van der Waals surface area (Å²) in [6.07, 6.45) is -4.68. The normalized spacial score (nSPS) is 11.2. The summed E-state index contributed by atoms with van der Waals surface area (Å²) in [6, 6.07) is 5.28. The zero-order valence-electron chi connectivity index (χ0n) is 9.45. The molecule has 1 N–H and O–H groups in total. The van der Waals surface area contributed by atoms with E-state index in [0.29, 0.717) is 0 Å². The second-order valence-corrected chi connectivity index (χ2v) is 4.12. The van der Waals surface area contributed by atoms with Crippen LogP contribution in [0, 0.1) is 0 Å². The maximum Gasteiger partial charge on any atom is 0.406 e. The van der Waals surface area contributed by atoms with Crippen LogP contribution in [0.5, 0.6) is 0 Å². The van der Waals surface area contributed by atoms with Gasteiger partial charge in [0, 0.05) is 10.6 Å². The third-order valence-corrected chi connectivity index (χ3v) is 2.29. The molecule has 0 bridgehead atoms. The van der Waals surface area contributed by atoms with E-state index in [1.807, 2.05) is 0 Å². The van der Waals surface area contributed by atoms with Gasteiger partial charge < -0.3 is 10.0 Å². The molecule has 0 saturated carbocycles. The average Bonchev–Trinajstić information content (AvgIpc) is 2.24. The Morgan fingerprint density at radius 3 is 2.42 bits per heavy atom. The summed E-state index contributed by atoms with van der Waals surface area (Å²) in [5.74, 6) is -2.57. The Morgan fingerprint density at radius 2 is 1.95 bits per heavy atom. The van der Waals surface area contributed by atoms with Gasteiger partial charge in [0.05, 0.1) is 0 Å². The SMILES string of the molecule is O=C(O)CN(CC(F)(F)F)C(=O)c1cccc(Cl)c1. The molecule has 1 amide bonds. The van der Waals surface area contributed by atoms with Gasteiger partial charge in [-0.05, 0) is 18.2 Å². The molecule has 0 aliphatic heterocycles. The fourth-order valence-electron chi connectivity index (χ4n) is 1.38. The number of hydrogen-bond acceptors (Lipinski definition) is 2. The second-order valence-electron chi connectivity index (χ2n) is 3.68. The number of benzene rings is 1. The van der Waals surface area contributed by atoms with Gasteiger partial charge in [0.1, 0.15) is 13.1 Å². The molecule has 0 atom stereocenters. The lowest BCUT2D eigenvalue weighted by Gasteiger charge is -2.22. The molecule has 0 fully saturated rings. The van der Waals surface area contributed by atoms with Crippen LogP contribution in [-0.4, -0.2) is 41.1 Å². The van der Waals surface area contributed by atoms with Crippen molar-refractivity contribution in [1.29, 1.82) is 0 Å². The van der Waals surface area contributed by atoms with E-state index in [4.69, 9.17) is 16.7 Å². The van der Waals surface area contributed by atoms with Crippen molar-refractivity contribution in [3.8, 4) is 0 Å². The largest absolute Gasteiger partial charge is 0.480 e. The summed E-state index contributed by atoms with van der Waals surface area (Å²) in [4.78, 5) is 22.5. The summed E-state index contributed by atoms with van der Waals surface area (Å²) < 4.78 is 36.9. The number of nitrogens with zero attached hydrogens (tertiary/aromatic N) is 1. The van der Waals surface area contributed by atoms with Gasteiger partial charge in [-0.1, -0.05) is 17.7 Å². The molecule has 0 aromatic heterocycles. The first-order valence-electron chi connectivity index (χ1n) is 5.02. The Balaban J connectivity index is 2.97. The third kappa shape index (κ3) is 5.17. The fourth-order valence-corrected chi connectivity index (χ4v) is 1.57. The number of halogens is 4. The number of rotatable bonds is 4. The highest BCUT2D eigenvalue weighted by molar-refractivity contribution is 6.30. The first-order valence-corrected chi connectivity index (χ1v) is 5.40. The number of aliphatic carboxylic acids is 1. The molecular formula is C11H9ClF3NO3. The fraction of sp³-hybridized carbons (Fsp3) is 0.273. The Morgan fingerprint density at radius 1 is 1.32 bits per heavy atom. The number of carbonyl (C=O) groups is 2. The predicted octanol–water partition coefficient (Wildman–Crippen LogP) is 2.43. The lowest BCUT2D eigenvalue weighted by Crippen LogP contribution is -2.42. The number of carboxylic acid groups (broad SMARTS) is 1. The summed E-state index contributed by atoms with van der Waals surface area (Å²) >= 11 is 5.62. The quantitative estimate of drug-likeness (QED) is 0.928. The molecule has 0 spiro atoms. The van der Waals surface area contributed by atoms with E-state index in [1.165, 1.54) is 24.3 Å². The van der Waals surface area contributed by atoms with E-state index in [1.54, 1.807) is 0 Å². The van der Waals surface area contributed by atoms with Gasteiger partial charge in [0.25, 0.3) is 5.91 Å². The topological polar surface area (TPSA) is 57.6 Å². The lowest BCUT2D eigenvalue weighted by atomic mass is 10.2. The molecule has 0 aliphatic carbocycles. The Bertz CT molecular complexity index is 490. The minimum atomic E-state index is -4.68. The van der Waals surface area contributed by atoms with Crippen molar-refractivity contribution >= 4 is 23.5 Å². The smallest absolute Gasteiger partial charge is 0.406 e. The number of carbonyl (C=O) groups excluding carboxylic acids is 1. The van der Waals surface area contributed by atoms with Crippen molar-refractivity contribution in [2.75, 3.05) is 13.1 Å². The number of hydrogen-bond donors (Lipinski definition) is 1. The van der Waals surface area contributed by atoms with E-state index in [0.717, 1.165) is 0 Å². The van der Waals surface area contributed by atoms with Gasteiger partial charge in [-0.3, -0.25) is 9.59 Å². The molecule has 104 valence electrons. The Hall–Kier alpha value is -1.76. The van der Waals surface area contributed by atoms with Gasteiger partial charge in [-0.25, -0.2) is 0 Å². The molecule has 8 heteroatoms. The Labute approximate surface area is 111 Å². The van der Waals surface area contributed by atoms with Crippen LogP contribution in [0.15, 0.2) is 24.3 Å². The minimum absolute atomic E-state index is 0.0991. The van der Waals surface area contributed by atoms with E-state index < -0.39 is 31.1 Å². The van der Waals surface area contributed by atoms with Gasteiger partial charge in [0.2, 0.25) is 0 Å². The van der Waals surface area contributed by atoms with Crippen LogP contribution < -0.4 is 0 Å². The molecule has 0 radical (unpaired) electrons. The van der Waals surface area contributed by atoms with Crippen molar-refractivity contribution in [1.82, 2.24) is 4.90 Å². The number of amides is 1. The summed E-state index contributed by atoms with van der Waals surface area (Å²) in [7, 11) is 0. The van der Waals surface area contributed by atoms with Crippen LogP contribution in [0.1, 0.15) is 10.4 Å². The van der Waals surface area contributed by atoms with Crippen LogP contribution in [0.4, 0.5) is 13.2 Å². The monoisotopic (exact) mass is 295 g/mol. The van der Waals surface area contributed by atoms with E-state index >= 15 is 0 Å². The van der Waals surface area contributed by atoms with Crippen molar-refractivity contribution in [2.45, 2.75) is 6.18 Å². The second kappa shape index (κ2) is 5.92. The van der Waals surface area contributed by atoms with Crippen molar-refractivity contribution in [3.05, 3.63) is 34.9 Å². The summed E-state index contributed by atoms with van der Waals surface area (Å²) in [5.41, 5.74) is -0.0991. The number of alkyl halides is 3. The maximum absolute atomic E-state index is 12.3. The molecule has 0 heterocycles. The minimum Gasteiger partial charge on any atom is -0.480 e. The highest BCUT2D eigenvalue weighted by atomic mass is 35.5. The summed E-state index contributed by atoms with van der Waals surface area (Å²) in [6.45, 7) is -2.67. The molecule has 1 aromatic rings. The third-order valence-electron chi connectivity index (χ3n) is 2.06. The van der Waals surface area contributed by atoms with Gasteiger partial charge in [-0.15, -0.1) is 0 Å². The van der Waals surface area contributed by atoms with Gasteiger partial charge in [-0.2, -0.15) is 13.2 Å². The van der Waals surface area contributed by atoms with E-state index in [9.17, 15) is 22.8 Å². The number of carboxylic acids is 1. The molecular weight excluding hydrogens is 287 g/mol. The van der Waals surface area contributed by atoms with Crippen molar-refractivity contribution in [3.63, 3.8) is 0 Å². The van der Waals surface area contributed by atoms with Crippen LogP contribution >= 0.6 is 11.6 Å². The lowest BCUT2D eigenvalue weighted by molar-refractivity contribution is -0.149. The van der Waals surface area contributed by atoms with Crippen LogP contribution in [0.25, 0.3) is 0 Å². The highest BCUT2D eigenvalue weighted by Gasteiger charge is 2.34.